The van der Waals surface area contributed by atoms with Crippen LogP contribution in [0.25, 0.3) is 16.6 Å². The van der Waals surface area contributed by atoms with Gasteiger partial charge in [-0.2, -0.15) is 0 Å². The lowest BCUT2D eigenvalue weighted by atomic mass is 10.1. The van der Waals surface area contributed by atoms with E-state index in [9.17, 15) is 27.2 Å². The zero-order chi connectivity index (χ0) is 28.4. The Morgan fingerprint density at radius 3 is 2.36 bits per heavy atom. The summed E-state index contributed by atoms with van der Waals surface area (Å²) in [5, 5.41) is 2.96. The number of nitrogens with one attached hydrogen (secondary N) is 2. The van der Waals surface area contributed by atoms with E-state index in [1.165, 1.54) is 53.4 Å². The van der Waals surface area contributed by atoms with Crippen LogP contribution in [0.1, 0.15) is 24.4 Å². The van der Waals surface area contributed by atoms with Gasteiger partial charge in [0.15, 0.2) is 0 Å². The van der Waals surface area contributed by atoms with Crippen LogP contribution in [-0.4, -0.2) is 28.4 Å². The first-order valence-electron chi connectivity index (χ1n) is 11.7. The van der Waals surface area contributed by atoms with E-state index in [1.54, 1.807) is 6.07 Å². The van der Waals surface area contributed by atoms with E-state index in [-0.39, 0.29) is 50.4 Å². The second kappa shape index (κ2) is 9.65. The fourth-order valence-electron chi connectivity index (χ4n) is 4.50. The van der Waals surface area contributed by atoms with Crippen LogP contribution in [0, 0.1) is 12.7 Å². The fourth-order valence-corrected chi connectivity index (χ4v) is 5.63. The lowest BCUT2D eigenvalue weighted by Crippen LogP contribution is -2.41. The highest BCUT2D eigenvalue weighted by molar-refractivity contribution is 9.10. The van der Waals surface area contributed by atoms with Gasteiger partial charge in [0.05, 0.1) is 33.9 Å². The lowest BCUT2D eigenvalue weighted by molar-refractivity contribution is 0.607. The minimum absolute atomic E-state index is 0.00146. The predicted octanol–water partition coefficient (Wildman–Crippen LogP) is 4.16. The molecular formula is C25H22BrClFN5O5S. The molecule has 1 saturated carbocycles. The lowest BCUT2D eigenvalue weighted by Gasteiger charge is -2.21. The molecule has 1 fully saturated rings. The van der Waals surface area contributed by atoms with Crippen molar-refractivity contribution >= 4 is 65.6 Å². The average molecular weight is 639 g/mol. The summed E-state index contributed by atoms with van der Waals surface area (Å²) in [4.78, 5) is 41.1. The van der Waals surface area contributed by atoms with Crippen LogP contribution < -0.4 is 26.8 Å². The Kier molecular flexibility index (Phi) is 6.72. The Labute approximate surface area is 234 Å². The highest BCUT2D eigenvalue weighted by atomic mass is 79.9. The van der Waals surface area contributed by atoms with Gasteiger partial charge >= 0.3 is 5.69 Å². The second-order valence-electron chi connectivity index (χ2n) is 9.37. The summed E-state index contributed by atoms with van der Waals surface area (Å²) in [5.74, 6) is -0.631. The number of pyridine rings is 1. The molecule has 2 aromatic carbocycles. The van der Waals surface area contributed by atoms with Gasteiger partial charge in [-0.25, -0.2) is 17.6 Å². The summed E-state index contributed by atoms with van der Waals surface area (Å²) in [7, 11) is -2.27. The van der Waals surface area contributed by atoms with Gasteiger partial charge < -0.3 is 5.32 Å². The Morgan fingerprint density at radius 2 is 1.74 bits per heavy atom. The van der Waals surface area contributed by atoms with Crippen molar-refractivity contribution in [2.45, 2.75) is 25.8 Å². The minimum Gasteiger partial charge on any atom is -0.338 e. The van der Waals surface area contributed by atoms with Crippen LogP contribution in [-0.2, 0) is 17.1 Å². The summed E-state index contributed by atoms with van der Waals surface area (Å²) in [5.41, 5.74) is -1.54. The maximum absolute atomic E-state index is 14.8. The molecule has 0 amide bonds. The van der Waals surface area contributed by atoms with Crippen molar-refractivity contribution in [1.29, 1.82) is 0 Å². The molecule has 0 aliphatic heterocycles. The number of aromatic nitrogens is 3. The molecule has 14 heteroatoms. The predicted molar refractivity (Wildman–Crippen MR) is 153 cm³/mol. The van der Waals surface area contributed by atoms with Crippen LogP contribution in [0.3, 0.4) is 0 Å². The van der Waals surface area contributed by atoms with Crippen molar-refractivity contribution in [3.05, 3.63) is 88.5 Å². The summed E-state index contributed by atoms with van der Waals surface area (Å²) in [6, 6.07) is 8.18. The topological polar surface area (TPSA) is 124 Å². The van der Waals surface area contributed by atoms with Crippen molar-refractivity contribution in [1.82, 2.24) is 13.7 Å². The third-order valence-corrected chi connectivity index (χ3v) is 7.86. The van der Waals surface area contributed by atoms with Gasteiger partial charge in [-0.05, 0) is 56.2 Å². The molecule has 0 unspecified atom stereocenters. The van der Waals surface area contributed by atoms with Crippen molar-refractivity contribution in [3.63, 3.8) is 0 Å². The number of hydrogen-bond donors (Lipinski definition) is 2. The third-order valence-electron chi connectivity index (χ3n) is 6.44. The summed E-state index contributed by atoms with van der Waals surface area (Å²) >= 11 is 9.42. The van der Waals surface area contributed by atoms with Gasteiger partial charge in [0.25, 0.3) is 11.1 Å². The highest BCUT2D eigenvalue weighted by Crippen LogP contribution is 2.35. The van der Waals surface area contributed by atoms with Gasteiger partial charge in [-0.15, -0.1) is 0 Å². The monoisotopic (exact) mass is 637 g/mol. The molecule has 0 saturated heterocycles. The largest absolute Gasteiger partial charge is 0.338 e. The molecule has 2 heterocycles. The summed E-state index contributed by atoms with van der Waals surface area (Å²) in [6.45, 7) is 1.48. The number of nitrogens with zero attached hydrogens (tertiary/aromatic N) is 3. The van der Waals surface area contributed by atoms with Crippen LogP contribution in [0.5, 0.6) is 0 Å². The highest BCUT2D eigenvalue weighted by Gasteiger charge is 2.31. The van der Waals surface area contributed by atoms with Gasteiger partial charge in [0, 0.05) is 23.1 Å². The Morgan fingerprint density at radius 1 is 1.05 bits per heavy atom. The number of anilines is 3. The molecule has 2 aromatic heterocycles. The fraction of sp³-hybridized carbons (Fsp3) is 0.240. The van der Waals surface area contributed by atoms with E-state index >= 15 is 0 Å². The van der Waals surface area contributed by atoms with Crippen LogP contribution in [0.4, 0.5) is 21.6 Å². The molecule has 0 spiro atoms. The Balaban J connectivity index is 1.91. The van der Waals surface area contributed by atoms with Crippen LogP contribution in [0.15, 0.2) is 55.3 Å². The SMILES string of the molecule is Cc1c(=O)n(C)c(Nc2ccc(Br)cc2F)c2c(=O)n(C3CC3)c(=O)n(-c3ccc(Cl)c(NS(C)(=O)=O)c3)c12. The third kappa shape index (κ3) is 4.90. The molecule has 4 aromatic rings. The molecule has 39 heavy (non-hydrogen) atoms. The second-order valence-corrected chi connectivity index (χ2v) is 12.4. The molecule has 0 atom stereocenters. The van der Waals surface area contributed by atoms with Crippen molar-refractivity contribution in [2.24, 2.45) is 7.05 Å². The van der Waals surface area contributed by atoms with E-state index in [0.29, 0.717) is 17.3 Å². The number of fused-ring (bicyclic) bond motifs is 1. The molecule has 2 N–H and O–H groups in total. The quantitative estimate of drug-likeness (QED) is 0.327. The zero-order valence-corrected chi connectivity index (χ0v) is 24.0. The van der Waals surface area contributed by atoms with Gasteiger partial charge in [-0.1, -0.05) is 27.5 Å². The maximum atomic E-state index is 14.8. The number of rotatable bonds is 6. The number of halogens is 3. The molecule has 10 nitrogen and oxygen atoms in total. The van der Waals surface area contributed by atoms with Gasteiger partial charge in [-0.3, -0.25) is 28.0 Å². The Hall–Kier alpha value is -3.42. The molecule has 5 rings (SSSR count). The first kappa shape index (κ1) is 27.2. The minimum atomic E-state index is -3.72. The average Bonchev–Trinajstić information content (AvgIpc) is 3.68. The first-order valence-corrected chi connectivity index (χ1v) is 14.8. The number of aryl methyl sites for hydroxylation is 1. The van der Waals surface area contributed by atoms with E-state index in [4.69, 9.17) is 11.6 Å². The standard InChI is InChI=1S/C25H22BrClFN5O5S/c1-12-21-20(22(31(2)23(12)34)29-18-9-4-13(26)10-17(18)28)24(35)33(14-5-6-14)25(36)32(21)15-7-8-16(27)19(11-15)30-39(3,37)38/h4,7-11,14,29-30H,5-6H2,1-3H3. The maximum Gasteiger partial charge on any atom is 0.336 e. The van der Waals surface area contributed by atoms with E-state index in [0.717, 1.165) is 10.8 Å². The van der Waals surface area contributed by atoms with E-state index < -0.39 is 32.6 Å². The smallest absolute Gasteiger partial charge is 0.336 e. The van der Waals surface area contributed by atoms with E-state index in [1.807, 2.05) is 0 Å². The zero-order valence-electron chi connectivity index (χ0n) is 20.9. The van der Waals surface area contributed by atoms with Crippen LogP contribution in [0.2, 0.25) is 5.02 Å². The number of sulfonamides is 1. The van der Waals surface area contributed by atoms with Crippen molar-refractivity contribution in [2.75, 3.05) is 16.3 Å². The first-order chi connectivity index (χ1) is 18.3. The molecule has 1 aliphatic rings. The molecule has 0 bridgehead atoms. The van der Waals surface area contributed by atoms with Gasteiger partial charge in [0.2, 0.25) is 10.0 Å². The molecular weight excluding hydrogens is 617 g/mol. The molecule has 0 radical (unpaired) electrons. The normalized spacial score (nSPS) is 13.6. The van der Waals surface area contributed by atoms with Crippen LogP contribution >= 0.6 is 27.5 Å². The summed E-state index contributed by atoms with van der Waals surface area (Å²) in [6.07, 6.45) is 2.17. The number of hydrogen-bond acceptors (Lipinski definition) is 6. The molecule has 204 valence electrons. The van der Waals surface area contributed by atoms with Crippen molar-refractivity contribution < 1.29 is 12.8 Å². The van der Waals surface area contributed by atoms with Gasteiger partial charge in [0.1, 0.15) is 17.0 Å². The molecule has 1 aliphatic carbocycles. The van der Waals surface area contributed by atoms with Crippen molar-refractivity contribution in [3.8, 4) is 5.69 Å². The van der Waals surface area contributed by atoms with E-state index in [2.05, 4.69) is 26.0 Å². The summed E-state index contributed by atoms with van der Waals surface area (Å²) < 4.78 is 44.9. The number of benzene rings is 2. The Bertz CT molecular complexity index is 1980.